The minimum Gasteiger partial charge on any atom is -0.469 e. The predicted molar refractivity (Wildman–Crippen MR) is 128 cm³/mol. The first-order valence-electron chi connectivity index (χ1n) is 12.3. The lowest BCUT2D eigenvalue weighted by atomic mass is 9.85. The van der Waals surface area contributed by atoms with Gasteiger partial charge in [-0.2, -0.15) is 0 Å². The van der Waals surface area contributed by atoms with E-state index < -0.39 is 0 Å². The highest BCUT2D eigenvalue weighted by Gasteiger charge is 2.29. The highest BCUT2D eigenvalue weighted by molar-refractivity contribution is 5.83. The van der Waals surface area contributed by atoms with E-state index in [1.165, 1.54) is 13.2 Å². The molecule has 0 bridgehead atoms. The third kappa shape index (κ3) is 6.68. The lowest BCUT2D eigenvalue weighted by Gasteiger charge is -2.32. The average molecular weight is 482 g/mol. The van der Waals surface area contributed by atoms with Gasteiger partial charge >= 0.3 is 12.1 Å². The van der Waals surface area contributed by atoms with E-state index in [2.05, 4.69) is 0 Å². The van der Waals surface area contributed by atoms with Crippen LogP contribution >= 0.6 is 0 Å². The molecule has 2 aliphatic rings. The normalized spacial score (nSPS) is 19.5. The smallest absolute Gasteiger partial charge is 0.410 e. The standard InChI is InChI=1S/C28H32FNO5/c1-34-27(32)16-19-7-10-25(11-8-19)35-28(33)30-13-12-21-14-20(6-9-23(21)18-30)15-24(31)17-22-4-2-3-5-26(22)29/h2-6,9,14,19,25H,7-8,10-13,15-18H2,1H3. The molecule has 0 spiro atoms. The van der Waals surface area contributed by atoms with Gasteiger partial charge in [0.25, 0.3) is 0 Å². The number of esters is 1. The second kappa shape index (κ2) is 11.5. The van der Waals surface area contributed by atoms with Crippen molar-refractivity contribution in [3.05, 3.63) is 70.5 Å². The quantitative estimate of drug-likeness (QED) is 0.532. The van der Waals surface area contributed by atoms with Crippen molar-refractivity contribution in [1.29, 1.82) is 0 Å². The largest absolute Gasteiger partial charge is 0.469 e. The van der Waals surface area contributed by atoms with Crippen LogP contribution < -0.4 is 0 Å². The first-order chi connectivity index (χ1) is 16.9. The summed E-state index contributed by atoms with van der Waals surface area (Å²) < 4.78 is 24.3. The maximum atomic E-state index is 13.8. The van der Waals surface area contributed by atoms with E-state index >= 15 is 0 Å². The van der Waals surface area contributed by atoms with Gasteiger partial charge in [0.2, 0.25) is 0 Å². The lowest BCUT2D eigenvalue weighted by Crippen LogP contribution is -2.39. The van der Waals surface area contributed by atoms with Crippen LogP contribution in [0.15, 0.2) is 42.5 Å². The average Bonchev–Trinajstić information content (AvgIpc) is 2.86. The van der Waals surface area contributed by atoms with Gasteiger partial charge in [-0.05, 0) is 66.3 Å². The molecule has 1 aliphatic heterocycles. The first-order valence-corrected chi connectivity index (χ1v) is 12.3. The summed E-state index contributed by atoms with van der Waals surface area (Å²) in [5.41, 5.74) is 3.51. The maximum Gasteiger partial charge on any atom is 0.410 e. The number of hydrogen-bond donors (Lipinski definition) is 0. The van der Waals surface area contributed by atoms with Crippen LogP contribution in [-0.4, -0.2) is 42.5 Å². The van der Waals surface area contributed by atoms with Gasteiger partial charge in [0.15, 0.2) is 0 Å². The molecule has 4 rings (SSSR count). The molecule has 1 fully saturated rings. The number of methoxy groups -OCH3 is 1. The zero-order valence-electron chi connectivity index (χ0n) is 20.1. The topological polar surface area (TPSA) is 72.9 Å². The number of amides is 1. The van der Waals surface area contributed by atoms with Crippen molar-refractivity contribution in [1.82, 2.24) is 4.90 Å². The van der Waals surface area contributed by atoms with Crippen molar-refractivity contribution in [3.63, 3.8) is 0 Å². The molecule has 7 heteroatoms. The Kier molecular flexibility index (Phi) is 8.16. The van der Waals surface area contributed by atoms with E-state index in [1.807, 2.05) is 18.2 Å². The lowest BCUT2D eigenvalue weighted by molar-refractivity contribution is -0.142. The van der Waals surface area contributed by atoms with Crippen LogP contribution in [0, 0.1) is 11.7 Å². The Morgan fingerprint density at radius 2 is 1.77 bits per heavy atom. The van der Waals surface area contributed by atoms with E-state index in [0.717, 1.165) is 42.4 Å². The Balaban J connectivity index is 1.26. The fourth-order valence-electron chi connectivity index (χ4n) is 5.01. The molecule has 35 heavy (non-hydrogen) atoms. The molecule has 1 heterocycles. The van der Waals surface area contributed by atoms with E-state index in [9.17, 15) is 18.8 Å². The van der Waals surface area contributed by atoms with E-state index in [0.29, 0.717) is 37.4 Å². The number of hydrogen-bond acceptors (Lipinski definition) is 5. The van der Waals surface area contributed by atoms with Crippen molar-refractivity contribution in [2.75, 3.05) is 13.7 Å². The fourth-order valence-corrected chi connectivity index (χ4v) is 5.01. The number of fused-ring (bicyclic) bond motifs is 1. The zero-order chi connectivity index (χ0) is 24.8. The second-order valence-corrected chi connectivity index (χ2v) is 9.57. The summed E-state index contributed by atoms with van der Waals surface area (Å²) in [4.78, 5) is 38.4. The van der Waals surface area contributed by atoms with Crippen LogP contribution in [-0.2, 0) is 44.9 Å². The summed E-state index contributed by atoms with van der Waals surface area (Å²) in [7, 11) is 1.40. The van der Waals surface area contributed by atoms with E-state index in [-0.39, 0.29) is 42.6 Å². The molecule has 0 saturated heterocycles. The number of benzene rings is 2. The van der Waals surface area contributed by atoms with Crippen LogP contribution in [0.1, 0.15) is 54.4 Å². The Bertz CT molecular complexity index is 1080. The molecule has 2 aromatic rings. The monoisotopic (exact) mass is 481 g/mol. The highest BCUT2D eigenvalue weighted by atomic mass is 19.1. The maximum absolute atomic E-state index is 13.8. The molecular weight excluding hydrogens is 449 g/mol. The molecule has 1 amide bonds. The molecule has 0 aromatic heterocycles. The zero-order valence-corrected chi connectivity index (χ0v) is 20.1. The third-order valence-electron chi connectivity index (χ3n) is 7.03. The molecular formula is C28H32FNO5. The molecule has 0 radical (unpaired) electrons. The van der Waals surface area contributed by atoms with Crippen molar-refractivity contribution in [2.24, 2.45) is 5.92 Å². The van der Waals surface area contributed by atoms with Gasteiger partial charge in [0.05, 0.1) is 7.11 Å². The number of halogens is 1. The molecule has 0 unspecified atom stereocenters. The summed E-state index contributed by atoms with van der Waals surface area (Å²) in [6, 6.07) is 12.3. The van der Waals surface area contributed by atoms with Crippen LogP contribution in [0.25, 0.3) is 0 Å². The van der Waals surface area contributed by atoms with Crippen molar-refractivity contribution in [2.45, 2.75) is 64.0 Å². The van der Waals surface area contributed by atoms with Gasteiger partial charge in [-0.15, -0.1) is 0 Å². The van der Waals surface area contributed by atoms with Crippen LogP contribution in [0.5, 0.6) is 0 Å². The van der Waals surface area contributed by atoms with Gasteiger partial charge in [-0.1, -0.05) is 36.4 Å². The number of ether oxygens (including phenoxy) is 2. The van der Waals surface area contributed by atoms with Gasteiger partial charge in [-0.25, -0.2) is 9.18 Å². The van der Waals surface area contributed by atoms with Gasteiger partial charge < -0.3 is 14.4 Å². The Morgan fingerprint density at radius 3 is 2.51 bits per heavy atom. The number of nitrogens with zero attached hydrogens (tertiary/aromatic N) is 1. The summed E-state index contributed by atoms with van der Waals surface area (Å²) in [5, 5.41) is 0. The number of carbonyl (C=O) groups excluding carboxylic acids is 3. The molecule has 1 aliphatic carbocycles. The summed E-state index contributed by atoms with van der Waals surface area (Å²) in [6.07, 6.45) is 4.30. The molecule has 2 aromatic carbocycles. The number of rotatable bonds is 7. The number of Topliss-reactive ketones (excluding diaryl/α,β-unsaturated/α-hetero) is 1. The molecule has 0 atom stereocenters. The SMILES string of the molecule is COC(=O)CC1CCC(OC(=O)N2CCc3cc(CC(=O)Cc4ccccc4F)ccc3C2)CC1. The Morgan fingerprint density at radius 1 is 1.00 bits per heavy atom. The molecule has 0 N–H and O–H groups in total. The van der Waals surface area contributed by atoms with Crippen molar-refractivity contribution < 1.29 is 28.2 Å². The summed E-state index contributed by atoms with van der Waals surface area (Å²) >= 11 is 0. The summed E-state index contributed by atoms with van der Waals surface area (Å²) in [5.74, 6) is -0.271. The minimum absolute atomic E-state index is 0.0302. The van der Waals surface area contributed by atoms with Crippen molar-refractivity contribution >= 4 is 17.8 Å². The first kappa shape index (κ1) is 24.9. The van der Waals surface area contributed by atoms with Gasteiger partial charge in [0, 0.05) is 32.4 Å². The van der Waals surface area contributed by atoms with Crippen LogP contribution in [0.4, 0.5) is 9.18 Å². The minimum atomic E-state index is -0.354. The van der Waals surface area contributed by atoms with E-state index in [1.54, 1.807) is 23.1 Å². The third-order valence-corrected chi connectivity index (χ3v) is 7.03. The highest BCUT2D eigenvalue weighted by Crippen LogP contribution is 2.30. The van der Waals surface area contributed by atoms with Crippen LogP contribution in [0.2, 0.25) is 0 Å². The number of carbonyl (C=O) groups is 3. The van der Waals surface area contributed by atoms with Gasteiger partial charge in [-0.3, -0.25) is 9.59 Å². The number of ketones is 1. The van der Waals surface area contributed by atoms with E-state index in [4.69, 9.17) is 9.47 Å². The summed E-state index contributed by atoms with van der Waals surface area (Å²) in [6.45, 7) is 1.05. The molecule has 186 valence electrons. The van der Waals surface area contributed by atoms with Crippen LogP contribution in [0.3, 0.4) is 0 Å². The van der Waals surface area contributed by atoms with Gasteiger partial charge in [0.1, 0.15) is 17.7 Å². The second-order valence-electron chi connectivity index (χ2n) is 9.57. The Hall–Kier alpha value is -3.22. The Labute approximate surface area is 205 Å². The fraction of sp³-hybridized carbons (Fsp3) is 0.464. The van der Waals surface area contributed by atoms with Crippen molar-refractivity contribution in [3.8, 4) is 0 Å². The molecule has 6 nitrogen and oxygen atoms in total. The predicted octanol–water partition coefficient (Wildman–Crippen LogP) is 4.80. The molecule has 1 saturated carbocycles.